The fourth-order valence-electron chi connectivity index (χ4n) is 4.95. The third kappa shape index (κ3) is 6.18. The molecule has 1 fully saturated rings. The van der Waals surface area contributed by atoms with Crippen molar-refractivity contribution in [3.05, 3.63) is 60.2 Å². The van der Waals surface area contributed by atoms with Gasteiger partial charge in [0, 0.05) is 56.7 Å². The van der Waals surface area contributed by atoms with Crippen LogP contribution in [0.1, 0.15) is 44.1 Å². The van der Waals surface area contributed by atoms with Gasteiger partial charge in [0.25, 0.3) is 10.0 Å². The van der Waals surface area contributed by atoms with E-state index < -0.39 is 10.0 Å². The van der Waals surface area contributed by atoms with Crippen molar-refractivity contribution >= 4 is 16.0 Å². The number of anilines is 1. The largest absolute Gasteiger partial charge is 0.351 e. The fourth-order valence-corrected chi connectivity index (χ4v) is 6.47. The Hall–Kier alpha value is -4.19. The Morgan fingerprint density at radius 2 is 1.98 bits per heavy atom. The van der Waals surface area contributed by atoms with Gasteiger partial charge in [-0.25, -0.2) is 28.1 Å². The van der Waals surface area contributed by atoms with Crippen LogP contribution < -0.4 is 10.6 Å². The molecule has 4 aromatic heterocycles. The predicted octanol–water partition coefficient (Wildman–Crippen LogP) is 2.65. The van der Waals surface area contributed by atoms with Crippen LogP contribution in [0.3, 0.4) is 0 Å². The van der Waals surface area contributed by atoms with Crippen LogP contribution in [0.4, 0.5) is 5.95 Å². The molecule has 0 radical (unpaired) electrons. The lowest BCUT2D eigenvalue weighted by molar-refractivity contribution is 0.260. The molecule has 2 atom stereocenters. The normalized spacial score (nSPS) is 17.8. The summed E-state index contributed by atoms with van der Waals surface area (Å²) in [5, 5.41) is 21.1. The highest BCUT2D eigenvalue weighted by Crippen LogP contribution is 2.27. The van der Waals surface area contributed by atoms with Crippen LogP contribution in [0.15, 0.2) is 48.3 Å². The first-order valence-corrected chi connectivity index (χ1v) is 15.3. The van der Waals surface area contributed by atoms with E-state index in [0.717, 1.165) is 17.1 Å². The molecule has 0 saturated carbocycles. The van der Waals surface area contributed by atoms with Gasteiger partial charge in [-0.2, -0.15) is 14.7 Å². The van der Waals surface area contributed by atoms with E-state index in [4.69, 9.17) is 4.98 Å². The molecule has 0 spiro atoms. The van der Waals surface area contributed by atoms with E-state index in [-0.39, 0.29) is 17.0 Å². The van der Waals surface area contributed by atoms with Gasteiger partial charge >= 0.3 is 0 Å². The minimum Gasteiger partial charge on any atom is -0.351 e. The van der Waals surface area contributed by atoms with Gasteiger partial charge in [-0.05, 0) is 31.4 Å². The highest BCUT2D eigenvalue weighted by molar-refractivity contribution is 7.89. The minimum absolute atomic E-state index is 0.0168. The summed E-state index contributed by atoms with van der Waals surface area (Å²) in [5.74, 6) is 0.353. The average molecular weight is 590 g/mol. The third-order valence-electron chi connectivity index (χ3n) is 7.29. The Morgan fingerprint density at radius 1 is 1.17 bits per heavy atom. The molecular formula is C28H35N11O2S. The van der Waals surface area contributed by atoms with Crippen molar-refractivity contribution in [1.29, 1.82) is 5.26 Å². The van der Waals surface area contributed by atoms with Gasteiger partial charge in [-0.1, -0.05) is 20.8 Å². The Bertz CT molecular complexity index is 1720. The maximum Gasteiger partial charge on any atom is 0.262 e. The minimum atomic E-state index is -3.67. The Labute approximate surface area is 245 Å². The summed E-state index contributed by atoms with van der Waals surface area (Å²) in [6.07, 6.45) is 8.55. The molecule has 1 aliphatic heterocycles. The number of aromatic nitrogens is 7. The number of hydrogen-bond acceptors (Lipinski definition) is 10. The first kappa shape index (κ1) is 29.3. The number of nitrogens with one attached hydrogen (secondary N) is 2. The Balaban J connectivity index is 1.31. The van der Waals surface area contributed by atoms with Crippen molar-refractivity contribution < 1.29 is 8.42 Å². The maximum absolute atomic E-state index is 13.0. The third-order valence-corrected chi connectivity index (χ3v) is 9.04. The van der Waals surface area contributed by atoms with E-state index in [9.17, 15) is 13.7 Å². The van der Waals surface area contributed by atoms with Gasteiger partial charge in [0.15, 0.2) is 5.03 Å². The fraction of sp³-hybridized carbons (Fsp3) is 0.429. The van der Waals surface area contributed by atoms with Gasteiger partial charge in [-0.3, -0.25) is 4.98 Å². The topological polar surface area (TPSA) is 160 Å². The molecule has 0 aromatic carbocycles. The van der Waals surface area contributed by atoms with Crippen molar-refractivity contribution in [2.24, 2.45) is 13.0 Å². The summed E-state index contributed by atoms with van der Waals surface area (Å²) in [6.45, 7) is 9.49. The van der Waals surface area contributed by atoms with E-state index in [1.54, 1.807) is 22.5 Å². The lowest BCUT2D eigenvalue weighted by atomic mass is 9.95. The highest BCUT2D eigenvalue weighted by Gasteiger charge is 2.35. The second-order valence-electron chi connectivity index (χ2n) is 10.9. The van der Waals surface area contributed by atoms with Crippen molar-refractivity contribution in [1.82, 2.24) is 43.9 Å². The molecule has 220 valence electrons. The van der Waals surface area contributed by atoms with Crippen LogP contribution in [0, 0.1) is 24.2 Å². The van der Waals surface area contributed by atoms with Gasteiger partial charge < -0.3 is 15.2 Å². The number of rotatable bonds is 9. The number of nitrogens with zero attached hydrogens (tertiary/aromatic N) is 9. The van der Waals surface area contributed by atoms with Gasteiger partial charge in [0.2, 0.25) is 5.95 Å². The molecule has 42 heavy (non-hydrogen) atoms. The van der Waals surface area contributed by atoms with Gasteiger partial charge in [0.1, 0.15) is 6.07 Å². The van der Waals surface area contributed by atoms with Crippen LogP contribution in [0.2, 0.25) is 0 Å². The van der Waals surface area contributed by atoms with E-state index in [0.29, 0.717) is 54.9 Å². The average Bonchev–Trinajstić information content (AvgIpc) is 3.63. The molecule has 4 aromatic rings. The van der Waals surface area contributed by atoms with E-state index >= 15 is 0 Å². The second kappa shape index (κ2) is 12.0. The first-order valence-electron chi connectivity index (χ1n) is 13.8. The zero-order valence-corrected chi connectivity index (χ0v) is 25.2. The second-order valence-corrected chi connectivity index (χ2v) is 12.8. The number of pyridine rings is 1. The van der Waals surface area contributed by atoms with E-state index in [1.165, 1.54) is 23.0 Å². The van der Waals surface area contributed by atoms with Gasteiger partial charge in [0.05, 0.1) is 47.1 Å². The summed E-state index contributed by atoms with van der Waals surface area (Å²) >= 11 is 0. The quantitative estimate of drug-likeness (QED) is 0.297. The van der Waals surface area contributed by atoms with Crippen molar-refractivity contribution in [2.45, 2.75) is 57.8 Å². The molecule has 14 heteroatoms. The molecular weight excluding hydrogens is 554 g/mol. The van der Waals surface area contributed by atoms with Crippen LogP contribution >= 0.6 is 0 Å². The molecule has 5 heterocycles. The molecule has 1 aliphatic rings. The molecule has 0 bridgehead atoms. The summed E-state index contributed by atoms with van der Waals surface area (Å²) in [5.41, 5.74) is 4.09. The Morgan fingerprint density at radius 3 is 2.64 bits per heavy atom. The summed E-state index contributed by atoms with van der Waals surface area (Å²) in [7, 11) is -1.93. The monoisotopic (exact) mass is 589 g/mol. The number of hydrogen-bond donors (Lipinski definition) is 2. The van der Waals surface area contributed by atoms with Crippen molar-refractivity contribution in [3.63, 3.8) is 0 Å². The zero-order chi connectivity index (χ0) is 30.0. The zero-order valence-electron chi connectivity index (χ0n) is 24.4. The van der Waals surface area contributed by atoms with Crippen LogP contribution in [0.5, 0.6) is 0 Å². The van der Waals surface area contributed by atoms with Crippen molar-refractivity contribution in [3.8, 4) is 23.0 Å². The SMILES string of the molecule is Cc1nc(CNC(C)C)ccc1-n1cc(-c2nc(N[C@H]3CCN(S(=O)(=O)c4cn(C)cn4)C[C@H]3C)ncc2C#N)cn1. The Kier molecular flexibility index (Phi) is 8.35. The van der Waals surface area contributed by atoms with E-state index in [2.05, 4.69) is 50.6 Å². The molecule has 5 rings (SSSR count). The lowest BCUT2D eigenvalue weighted by Gasteiger charge is -2.36. The molecule has 13 nitrogen and oxygen atoms in total. The smallest absolute Gasteiger partial charge is 0.262 e. The first-order chi connectivity index (χ1) is 20.0. The highest BCUT2D eigenvalue weighted by atomic mass is 32.2. The number of piperidine rings is 1. The van der Waals surface area contributed by atoms with Crippen LogP contribution in [0.25, 0.3) is 16.9 Å². The number of aryl methyl sites for hydroxylation is 2. The van der Waals surface area contributed by atoms with Crippen molar-refractivity contribution in [2.75, 3.05) is 18.4 Å². The molecule has 0 unspecified atom stereocenters. The predicted molar refractivity (Wildman–Crippen MR) is 157 cm³/mol. The molecule has 0 amide bonds. The summed E-state index contributed by atoms with van der Waals surface area (Å²) in [6, 6.07) is 6.44. The maximum atomic E-state index is 13.0. The molecule has 0 aliphatic carbocycles. The van der Waals surface area contributed by atoms with Gasteiger partial charge in [-0.15, -0.1) is 0 Å². The van der Waals surface area contributed by atoms with Crippen LogP contribution in [-0.4, -0.2) is 72.2 Å². The summed E-state index contributed by atoms with van der Waals surface area (Å²) in [4.78, 5) is 17.8. The molecule has 1 saturated heterocycles. The van der Waals surface area contributed by atoms with E-state index in [1.807, 2.05) is 32.2 Å². The standard InChI is InChI=1S/C28H35N11O2S/c1-18(2)30-13-23-6-7-25(20(4)34-23)39-15-22(12-33-39)27-21(10-29)11-31-28(36-27)35-24-8-9-38(14-19(24)3)42(40,41)26-16-37(5)17-32-26/h6-7,11-12,15-19,24,30H,8-9,13-14H2,1-5H3,(H,31,35,36)/t19-,24+/m1/s1. The number of sulfonamides is 1. The lowest BCUT2D eigenvalue weighted by Crippen LogP contribution is -2.47. The summed E-state index contributed by atoms with van der Waals surface area (Å²) < 4.78 is 30.9. The van der Waals surface area contributed by atoms with Crippen LogP contribution in [-0.2, 0) is 23.6 Å². The molecule has 2 N–H and O–H groups in total. The number of imidazole rings is 1. The number of nitriles is 1.